The fourth-order valence-corrected chi connectivity index (χ4v) is 2.13. The van der Waals surface area contributed by atoms with Crippen molar-refractivity contribution in [1.82, 2.24) is 5.32 Å². The molecule has 0 aliphatic rings. The first-order chi connectivity index (χ1) is 11.3. The predicted octanol–water partition coefficient (Wildman–Crippen LogP) is 3.86. The highest BCUT2D eigenvalue weighted by molar-refractivity contribution is 5.72. The number of hydrogen-bond donors (Lipinski definition) is 1. The summed E-state index contributed by atoms with van der Waals surface area (Å²) in [5, 5.41) is 2.79. The highest BCUT2D eigenvalue weighted by Gasteiger charge is 2.20. The van der Waals surface area contributed by atoms with Crippen LogP contribution in [0.15, 0.2) is 30.3 Å². The molecule has 0 spiro atoms. The maximum atomic E-state index is 11.9. The number of carbonyl (C=O) groups is 2. The third-order valence-electron chi connectivity index (χ3n) is 3.26. The lowest BCUT2D eigenvalue weighted by atomic mass is 10.1. The van der Waals surface area contributed by atoms with E-state index in [1.54, 1.807) is 0 Å². The Kier molecular flexibility index (Phi) is 8.30. The van der Waals surface area contributed by atoms with E-state index in [9.17, 15) is 9.59 Å². The van der Waals surface area contributed by atoms with Crippen LogP contribution in [-0.2, 0) is 20.7 Å². The molecule has 0 aliphatic heterocycles. The van der Waals surface area contributed by atoms with Crippen molar-refractivity contribution in [1.29, 1.82) is 0 Å². The number of alkyl carbamates (subject to hydrolysis) is 1. The first kappa shape index (κ1) is 20.0. The van der Waals surface area contributed by atoms with Gasteiger partial charge in [0.1, 0.15) is 12.2 Å². The van der Waals surface area contributed by atoms with E-state index in [0.717, 1.165) is 24.8 Å². The van der Waals surface area contributed by atoms with Crippen LogP contribution in [0.4, 0.5) is 4.79 Å². The minimum atomic E-state index is -0.552. The van der Waals surface area contributed by atoms with Crippen LogP contribution in [0, 0.1) is 0 Å². The standard InChI is InChI=1S/C19H29NO4/c1-5-6-12-16(20-18(22)24-19(2,3)4)14-23-17(21)13-15-10-8-7-9-11-15/h7-11,16H,5-6,12-14H2,1-4H3,(H,20,22). The molecule has 0 radical (unpaired) electrons. The molecule has 5 nitrogen and oxygen atoms in total. The lowest BCUT2D eigenvalue weighted by Gasteiger charge is -2.23. The van der Waals surface area contributed by atoms with Crippen molar-refractivity contribution < 1.29 is 19.1 Å². The van der Waals surface area contributed by atoms with E-state index in [4.69, 9.17) is 9.47 Å². The number of ether oxygens (including phenoxy) is 2. The van der Waals surface area contributed by atoms with Gasteiger partial charge >= 0.3 is 12.1 Å². The van der Waals surface area contributed by atoms with E-state index >= 15 is 0 Å². The fourth-order valence-electron chi connectivity index (χ4n) is 2.13. The fraction of sp³-hybridized carbons (Fsp3) is 0.579. The van der Waals surface area contributed by atoms with Gasteiger partial charge in [-0.25, -0.2) is 4.79 Å². The Morgan fingerprint density at radius 2 is 1.83 bits per heavy atom. The second-order valence-electron chi connectivity index (χ2n) is 6.83. The van der Waals surface area contributed by atoms with E-state index in [2.05, 4.69) is 12.2 Å². The van der Waals surface area contributed by atoms with Gasteiger partial charge in [-0.15, -0.1) is 0 Å². The molecule has 0 aliphatic carbocycles. The summed E-state index contributed by atoms with van der Waals surface area (Å²) in [6.07, 6.45) is 2.44. The zero-order valence-corrected chi connectivity index (χ0v) is 15.1. The molecule has 0 fully saturated rings. The second-order valence-corrected chi connectivity index (χ2v) is 6.83. The number of rotatable bonds is 8. The van der Waals surface area contributed by atoms with Crippen LogP contribution in [0.5, 0.6) is 0 Å². The van der Waals surface area contributed by atoms with Gasteiger partial charge in [-0.05, 0) is 32.8 Å². The van der Waals surface area contributed by atoms with Crippen LogP contribution in [0.25, 0.3) is 0 Å². The Morgan fingerprint density at radius 3 is 2.42 bits per heavy atom. The van der Waals surface area contributed by atoms with Crippen molar-refractivity contribution in [3.8, 4) is 0 Å². The normalized spacial score (nSPS) is 12.3. The van der Waals surface area contributed by atoms with Crippen LogP contribution < -0.4 is 5.32 Å². The van der Waals surface area contributed by atoms with Crippen molar-refractivity contribution in [2.45, 2.75) is 65.0 Å². The molecule has 1 aromatic carbocycles. The molecule has 5 heteroatoms. The van der Waals surface area contributed by atoms with Gasteiger partial charge in [0.2, 0.25) is 0 Å². The molecule has 1 atom stereocenters. The van der Waals surface area contributed by atoms with Crippen LogP contribution in [0.2, 0.25) is 0 Å². The minimum Gasteiger partial charge on any atom is -0.463 e. The van der Waals surface area contributed by atoms with Gasteiger partial charge in [0.25, 0.3) is 0 Å². The average molecular weight is 335 g/mol. The molecule has 0 saturated heterocycles. The molecule has 0 aromatic heterocycles. The van der Waals surface area contributed by atoms with Crippen molar-refractivity contribution in [3.05, 3.63) is 35.9 Å². The number of esters is 1. The summed E-state index contributed by atoms with van der Waals surface area (Å²) in [7, 11) is 0. The van der Waals surface area contributed by atoms with E-state index in [1.165, 1.54) is 0 Å². The smallest absolute Gasteiger partial charge is 0.407 e. The van der Waals surface area contributed by atoms with Crippen molar-refractivity contribution in [2.75, 3.05) is 6.61 Å². The molecule has 0 heterocycles. The minimum absolute atomic E-state index is 0.158. The maximum absolute atomic E-state index is 11.9. The molecule has 1 amide bonds. The second kappa shape index (κ2) is 9.96. The summed E-state index contributed by atoms with van der Waals surface area (Å²) >= 11 is 0. The monoisotopic (exact) mass is 335 g/mol. The zero-order chi connectivity index (χ0) is 18.0. The van der Waals surface area contributed by atoms with Gasteiger partial charge in [0, 0.05) is 0 Å². The summed E-state index contributed by atoms with van der Waals surface area (Å²) in [5.41, 5.74) is 0.358. The lowest BCUT2D eigenvalue weighted by Crippen LogP contribution is -2.42. The average Bonchev–Trinajstić information content (AvgIpc) is 2.49. The molecule has 1 unspecified atom stereocenters. The molecule has 1 rings (SSSR count). The van der Waals surface area contributed by atoms with Gasteiger partial charge in [-0.3, -0.25) is 4.79 Å². The summed E-state index contributed by atoms with van der Waals surface area (Å²) in [4.78, 5) is 23.8. The Labute approximate surface area is 144 Å². The Bertz CT molecular complexity index is 508. The van der Waals surface area contributed by atoms with Crippen molar-refractivity contribution in [3.63, 3.8) is 0 Å². The number of benzene rings is 1. The van der Waals surface area contributed by atoms with Crippen LogP contribution in [0.3, 0.4) is 0 Å². The van der Waals surface area contributed by atoms with Crippen LogP contribution in [-0.4, -0.2) is 30.3 Å². The summed E-state index contributed by atoms with van der Waals surface area (Å²) < 4.78 is 10.6. The van der Waals surface area contributed by atoms with Crippen LogP contribution >= 0.6 is 0 Å². The zero-order valence-electron chi connectivity index (χ0n) is 15.1. The molecule has 24 heavy (non-hydrogen) atoms. The Balaban J connectivity index is 2.46. The summed E-state index contributed by atoms with van der Waals surface area (Å²) in [6, 6.07) is 9.21. The number of carbonyl (C=O) groups excluding carboxylic acids is 2. The maximum Gasteiger partial charge on any atom is 0.407 e. The quantitative estimate of drug-likeness (QED) is 0.733. The molecule has 0 bridgehead atoms. The van der Waals surface area contributed by atoms with Crippen molar-refractivity contribution >= 4 is 12.1 Å². The number of nitrogens with one attached hydrogen (secondary N) is 1. The van der Waals surface area contributed by atoms with E-state index in [-0.39, 0.29) is 25.0 Å². The van der Waals surface area contributed by atoms with Gasteiger partial charge in [-0.2, -0.15) is 0 Å². The molecule has 1 N–H and O–H groups in total. The molecular formula is C19H29NO4. The Hall–Kier alpha value is -2.04. The third kappa shape index (κ3) is 9.18. The summed E-state index contributed by atoms with van der Waals surface area (Å²) in [6.45, 7) is 7.67. The molecular weight excluding hydrogens is 306 g/mol. The first-order valence-electron chi connectivity index (χ1n) is 8.49. The molecule has 134 valence electrons. The summed E-state index contributed by atoms with van der Waals surface area (Å²) in [5.74, 6) is -0.298. The van der Waals surface area contributed by atoms with E-state index < -0.39 is 11.7 Å². The highest BCUT2D eigenvalue weighted by Crippen LogP contribution is 2.09. The Morgan fingerprint density at radius 1 is 1.17 bits per heavy atom. The van der Waals surface area contributed by atoms with E-state index in [0.29, 0.717) is 0 Å². The number of amides is 1. The number of hydrogen-bond acceptors (Lipinski definition) is 4. The topological polar surface area (TPSA) is 64.6 Å². The lowest BCUT2D eigenvalue weighted by molar-refractivity contribution is -0.143. The van der Waals surface area contributed by atoms with Gasteiger partial charge < -0.3 is 14.8 Å². The predicted molar refractivity (Wildman–Crippen MR) is 93.8 cm³/mol. The van der Waals surface area contributed by atoms with Gasteiger partial charge in [0.15, 0.2) is 0 Å². The first-order valence-corrected chi connectivity index (χ1v) is 8.49. The van der Waals surface area contributed by atoms with Gasteiger partial charge in [0.05, 0.1) is 12.5 Å². The SMILES string of the molecule is CCCCC(COC(=O)Cc1ccccc1)NC(=O)OC(C)(C)C. The third-order valence-corrected chi connectivity index (χ3v) is 3.26. The van der Waals surface area contributed by atoms with Crippen molar-refractivity contribution in [2.24, 2.45) is 0 Å². The largest absolute Gasteiger partial charge is 0.463 e. The van der Waals surface area contributed by atoms with Gasteiger partial charge in [-0.1, -0.05) is 50.1 Å². The molecule has 0 saturated carbocycles. The highest BCUT2D eigenvalue weighted by atomic mass is 16.6. The van der Waals surface area contributed by atoms with E-state index in [1.807, 2.05) is 51.1 Å². The molecule has 1 aromatic rings. The number of unbranched alkanes of at least 4 members (excludes halogenated alkanes) is 1. The van der Waals surface area contributed by atoms with Crippen LogP contribution in [0.1, 0.15) is 52.5 Å².